The van der Waals surface area contributed by atoms with Gasteiger partial charge < -0.3 is 4.74 Å². The smallest absolute Gasteiger partial charge is 0.328 e. The molecule has 2 aliphatic rings. The number of hydrogen-bond donors (Lipinski definition) is 1. The van der Waals surface area contributed by atoms with Crippen molar-refractivity contribution in [3.8, 4) is 11.1 Å². The molecule has 0 fully saturated rings. The number of carbonyl (C=O) groups is 2. The minimum atomic E-state index is -3.68. The fourth-order valence-electron chi connectivity index (χ4n) is 3.97. The van der Waals surface area contributed by atoms with E-state index < -0.39 is 29.1 Å². The van der Waals surface area contributed by atoms with E-state index >= 15 is 0 Å². The monoisotopic (exact) mass is 446 g/mol. The van der Waals surface area contributed by atoms with Crippen LogP contribution < -0.4 is 4.72 Å². The van der Waals surface area contributed by atoms with Crippen molar-refractivity contribution < 1.29 is 22.7 Å². The van der Waals surface area contributed by atoms with Crippen LogP contribution in [0.1, 0.15) is 27.0 Å². The Morgan fingerprint density at radius 2 is 1.62 bits per heavy atom. The number of ketones is 1. The van der Waals surface area contributed by atoms with Crippen molar-refractivity contribution in [1.82, 2.24) is 4.72 Å². The second-order valence-electron chi connectivity index (χ2n) is 7.56. The summed E-state index contributed by atoms with van der Waals surface area (Å²) in [6.45, 7) is -0.816. The molecule has 0 atom stereocenters. The fourth-order valence-corrected chi connectivity index (χ4v) is 5.22. The maximum absolute atomic E-state index is 12.6. The Balaban J connectivity index is 1.23. The number of Topliss-reactive ketones (excluding diaryl/α,β-unsaturated/α-hetero) is 1. The molecule has 32 heavy (non-hydrogen) atoms. The van der Waals surface area contributed by atoms with Crippen LogP contribution in [-0.2, 0) is 26.0 Å². The van der Waals surface area contributed by atoms with Crippen molar-refractivity contribution in [3.63, 3.8) is 0 Å². The molecule has 7 nitrogen and oxygen atoms in total. The van der Waals surface area contributed by atoms with Crippen molar-refractivity contribution >= 4 is 27.6 Å². The number of sulfonamides is 1. The largest absolute Gasteiger partial charge is 0.456 e. The van der Waals surface area contributed by atoms with Crippen LogP contribution in [0.25, 0.3) is 11.1 Å². The number of ether oxygens (including phenoxy) is 1. The Morgan fingerprint density at radius 3 is 2.47 bits per heavy atom. The van der Waals surface area contributed by atoms with Gasteiger partial charge in [-0.3, -0.25) is 19.3 Å². The highest BCUT2D eigenvalue weighted by atomic mass is 32.2. The highest BCUT2D eigenvalue weighted by Crippen LogP contribution is 2.36. The summed E-state index contributed by atoms with van der Waals surface area (Å²) in [6.07, 6.45) is 0.836. The van der Waals surface area contributed by atoms with Crippen molar-refractivity contribution in [3.05, 3.63) is 89.0 Å². The van der Waals surface area contributed by atoms with Gasteiger partial charge in [-0.15, -0.1) is 0 Å². The molecule has 0 amide bonds. The van der Waals surface area contributed by atoms with Gasteiger partial charge in [0, 0.05) is 11.1 Å². The van der Waals surface area contributed by atoms with E-state index in [-0.39, 0.29) is 16.5 Å². The predicted octanol–water partition coefficient (Wildman–Crippen LogP) is 2.72. The zero-order chi connectivity index (χ0) is 22.3. The van der Waals surface area contributed by atoms with E-state index in [9.17, 15) is 18.0 Å². The summed E-state index contributed by atoms with van der Waals surface area (Å²) in [5, 5.41) is 0. The standard InChI is InChI=1S/C24H18N2O5S/c27-21(17-10-9-16-11-15-5-1-2-6-18(15)20(16)12-17)14-31-23(28)13-25-24-19-7-3-4-8-22(19)32(29,30)26-24/h1-10,12H,11,13-14H2,(H,25,26). The van der Waals surface area contributed by atoms with Crippen molar-refractivity contribution in [2.75, 3.05) is 13.2 Å². The molecule has 0 unspecified atom stereocenters. The van der Waals surface area contributed by atoms with Crippen molar-refractivity contribution in [1.29, 1.82) is 0 Å². The van der Waals surface area contributed by atoms with E-state index in [2.05, 4.69) is 15.8 Å². The number of benzene rings is 3. The third-order valence-electron chi connectivity index (χ3n) is 5.51. The zero-order valence-electron chi connectivity index (χ0n) is 16.9. The maximum atomic E-state index is 12.6. The lowest BCUT2D eigenvalue weighted by Crippen LogP contribution is -2.24. The molecule has 0 saturated heterocycles. The van der Waals surface area contributed by atoms with Gasteiger partial charge in [0.25, 0.3) is 10.0 Å². The number of aliphatic imine (C=N–C) groups is 1. The number of nitrogens with one attached hydrogen (secondary N) is 1. The number of nitrogens with zero attached hydrogens (tertiary/aromatic N) is 1. The summed E-state index contributed by atoms with van der Waals surface area (Å²) < 4.78 is 31.6. The van der Waals surface area contributed by atoms with E-state index in [1.807, 2.05) is 30.3 Å². The molecule has 1 N–H and O–H groups in total. The first-order valence-corrected chi connectivity index (χ1v) is 11.5. The molecule has 0 saturated carbocycles. The lowest BCUT2D eigenvalue weighted by molar-refractivity contribution is -0.140. The molecule has 0 bridgehead atoms. The van der Waals surface area contributed by atoms with Crippen LogP contribution in [0.4, 0.5) is 0 Å². The third-order valence-corrected chi connectivity index (χ3v) is 6.91. The Kier molecular flexibility index (Phi) is 4.86. The van der Waals surface area contributed by atoms with Gasteiger partial charge in [0.15, 0.2) is 12.4 Å². The first-order valence-electron chi connectivity index (χ1n) is 9.99. The van der Waals surface area contributed by atoms with E-state index in [0.29, 0.717) is 11.1 Å². The van der Waals surface area contributed by atoms with Crippen LogP contribution in [0.2, 0.25) is 0 Å². The minimum Gasteiger partial charge on any atom is -0.456 e. The summed E-state index contributed by atoms with van der Waals surface area (Å²) >= 11 is 0. The molecular formula is C24H18N2O5S. The third kappa shape index (κ3) is 3.58. The van der Waals surface area contributed by atoms with Crippen LogP contribution in [0, 0.1) is 0 Å². The van der Waals surface area contributed by atoms with E-state index in [1.54, 1.807) is 24.3 Å². The van der Waals surface area contributed by atoms with Gasteiger partial charge in [-0.05, 0) is 46.9 Å². The Labute approximate surface area is 184 Å². The number of rotatable bonds is 5. The molecule has 3 aromatic carbocycles. The summed E-state index contributed by atoms with van der Waals surface area (Å²) in [4.78, 5) is 28.8. The highest BCUT2D eigenvalue weighted by Gasteiger charge is 2.30. The Hall–Kier alpha value is -3.78. The van der Waals surface area contributed by atoms with E-state index in [0.717, 1.165) is 23.1 Å². The molecule has 1 heterocycles. The molecule has 1 aliphatic heterocycles. The van der Waals surface area contributed by atoms with Crippen molar-refractivity contribution in [2.24, 2.45) is 4.99 Å². The summed E-state index contributed by atoms with van der Waals surface area (Å²) in [5.74, 6) is -0.952. The maximum Gasteiger partial charge on any atom is 0.328 e. The van der Waals surface area contributed by atoms with Gasteiger partial charge in [-0.1, -0.05) is 48.5 Å². The van der Waals surface area contributed by atoms with Gasteiger partial charge in [0.05, 0.1) is 4.90 Å². The Morgan fingerprint density at radius 1 is 0.906 bits per heavy atom. The van der Waals surface area contributed by atoms with E-state index in [4.69, 9.17) is 4.74 Å². The van der Waals surface area contributed by atoms with Gasteiger partial charge in [0.1, 0.15) is 12.4 Å². The van der Waals surface area contributed by atoms with Gasteiger partial charge in [-0.25, -0.2) is 8.42 Å². The number of esters is 1. The van der Waals surface area contributed by atoms with Gasteiger partial charge in [-0.2, -0.15) is 0 Å². The lowest BCUT2D eigenvalue weighted by Gasteiger charge is -2.06. The molecule has 0 aromatic heterocycles. The SMILES string of the molecule is O=C(CN=C1NS(=O)(=O)c2ccccc21)OCC(=O)c1ccc2c(c1)-c1ccccc1C2. The molecule has 3 aromatic rings. The van der Waals surface area contributed by atoms with Crippen molar-refractivity contribution in [2.45, 2.75) is 11.3 Å². The van der Waals surface area contributed by atoms with Gasteiger partial charge >= 0.3 is 5.97 Å². The number of amidine groups is 1. The molecule has 0 radical (unpaired) electrons. The molecule has 160 valence electrons. The summed E-state index contributed by atoms with van der Waals surface area (Å²) in [6, 6.07) is 19.9. The van der Waals surface area contributed by atoms with Crippen LogP contribution in [0.3, 0.4) is 0 Å². The molecule has 5 rings (SSSR count). The zero-order valence-corrected chi connectivity index (χ0v) is 17.7. The van der Waals surface area contributed by atoms with Crippen LogP contribution in [0.5, 0.6) is 0 Å². The fraction of sp³-hybridized carbons (Fsp3) is 0.125. The first kappa shape index (κ1) is 20.1. The molecule has 8 heteroatoms. The van der Waals surface area contributed by atoms with Crippen LogP contribution >= 0.6 is 0 Å². The average Bonchev–Trinajstić information content (AvgIpc) is 3.30. The normalized spacial score (nSPS) is 16.1. The topological polar surface area (TPSA) is 102 Å². The molecular weight excluding hydrogens is 428 g/mol. The highest BCUT2D eigenvalue weighted by molar-refractivity contribution is 7.90. The second-order valence-corrected chi connectivity index (χ2v) is 9.21. The first-order chi connectivity index (χ1) is 15.4. The molecule has 0 spiro atoms. The van der Waals surface area contributed by atoms with Crippen LogP contribution in [-0.4, -0.2) is 39.2 Å². The van der Waals surface area contributed by atoms with E-state index in [1.165, 1.54) is 11.6 Å². The van der Waals surface area contributed by atoms with Crippen LogP contribution in [0.15, 0.2) is 76.6 Å². The second kappa shape index (κ2) is 7.72. The summed E-state index contributed by atoms with van der Waals surface area (Å²) in [5.41, 5.74) is 5.39. The minimum absolute atomic E-state index is 0.0844. The Bertz CT molecular complexity index is 1410. The van der Waals surface area contributed by atoms with Gasteiger partial charge in [0.2, 0.25) is 0 Å². The number of hydrogen-bond acceptors (Lipinski definition) is 6. The lowest BCUT2D eigenvalue weighted by atomic mass is 10.0. The number of fused-ring (bicyclic) bond motifs is 4. The predicted molar refractivity (Wildman–Crippen MR) is 118 cm³/mol. The molecule has 1 aliphatic carbocycles. The summed E-state index contributed by atoms with van der Waals surface area (Å²) in [7, 11) is -3.68. The number of carbonyl (C=O) groups excluding carboxylic acids is 2. The quantitative estimate of drug-likeness (QED) is 0.375. The average molecular weight is 446 g/mol.